The largest absolute Gasteiger partial charge is 0.313 e. The van der Waals surface area contributed by atoms with Crippen LogP contribution in [0.4, 0.5) is 0 Å². The van der Waals surface area contributed by atoms with Crippen molar-refractivity contribution in [1.82, 2.24) is 10.0 Å². The van der Waals surface area contributed by atoms with E-state index in [4.69, 9.17) is 0 Å². The maximum Gasteiger partial charge on any atom is 0.240 e. The molecule has 0 aliphatic heterocycles. The van der Waals surface area contributed by atoms with Gasteiger partial charge in [0.15, 0.2) is 0 Å². The quantitative estimate of drug-likeness (QED) is 0.813. The molecular formula is C16H28N2O2S. The first-order chi connectivity index (χ1) is 9.70. The van der Waals surface area contributed by atoms with Gasteiger partial charge in [-0.2, -0.15) is 0 Å². The third-order valence-corrected chi connectivity index (χ3v) is 5.07. The van der Waals surface area contributed by atoms with Crippen LogP contribution in [0, 0.1) is 5.41 Å². The van der Waals surface area contributed by atoms with Crippen molar-refractivity contribution in [2.75, 3.05) is 13.1 Å². The van der Waals surface area contributed by atoms with E-state index >= 15 is 0 Å². The van der Waals surface area contributed by atoms with Crippen molar-refractivity contribution < 1.29 is 8.42 Å². The van der Waals surface area contributed by atoms with Crippen molar-refractivity contribution in [2.24, 2.45) is 5.41 Å². The third kappa shape index (κ3) is 5.41. The van der Waals surface area contributed by atoms with Gasteiger partial charge in [-0.15, -0.1) is 0 Å². The molecule has 0 heterocycles. The van der Waals surface area contributed by atoms with Crippen LogP contribution >= 0.6 is 0 Å². The molecule has 0 bridgehead atoms. The molecule has 0 aliphatic carbocycles. The molecule has 120 valence electrons. The number of hydrogen-bond donors (Lipinski definition) is 2. The lowest BCUT2D eigenvalue weighted by atomic mass is 9.83. The smallest absolute Gasteiger partial charge is 0.240 e. The Bertz CT molecular complexity index is 530. The molecule has 0 fully saturated rings. The number of likely N-dealkylation sites (N-methyl/N-ethyl adjacent to an activating group) is 1. The highest BCUT2D eigenvalue weighted by molar-refractivity contribution is 7.89. The van der Waals surface area contributed by atoms with E-state index in [9.17, 15) is 8.42 Å². The topological polar surface area (TPSA) is 58.2 Å². The normalized spacial score (nSPS) is 14.1. The SMILES string of the molecule is CCNC(Cc1ccc(S(=O)(=O)NCC)cc1)C(C)(C)C. The molecule has 2 N–H and O–H groups in total. The molecule has 1 rings (SSSR count). The zero-order chi connectivity index (χ0) is 16.1. The number of benzene rings is 1. The fourth-order valence-electron chi connectivity index (χ4n) is 2.24. The van der Waals surface area contributed by atoms with Gasteiger partial charge in [-0.25, -0.2) is 13.1 Å². The minimum atomic E-state index is -3.36. The molecule has 1 aromatic rings. The fraction of sp³-hybridized carbons (Fsp3) is 0.625. The first-order valence-corrected chi connectivity index (χ1v) is 9.01. The van der Waals surface area contributed by atoms with Crippen molar-refractivity contribution >= 4 is 10.0 Å². The molecule has 21 heavy (non-hydrogen) atoms. The van der Waals surface area contributed by atoms with E-state index in [1.807, 2.05) is 12.1 Å². The van der Waals surface area contributed by atoms with Gasteiger partial charge in [-0.05, 0) is 36.1 Å². The zero-order valence-electron chi connectivity index (χ0n) is 13.7. The summed E-state index contributed by atoms with van der Waals surface area (Å²) in [4.78, 5) is 0.323. The highest BCUT2D eigenvalue weighted by atomic mass is 32.2. The second-order valence-electron chi connectivity index (χ2n) is 6.33. The number of rotatable bonds is 7. The molecule has 0 saturated carbocycles. The van der Waals surface area contributed by atoms with Gasteiger partial charge in [-0.3, -0.25) is 0 Å². The van der Waals surface area contributed by atoms with Crippen molar-refractivity contribution in [2.45, 2.75) is 52.0 Å². The minimum Gasteiger partial charge on any atom is -0.313 e. The second kappa shape index (κ2) is 7.38. The van der Waals surface area contributed by atoms with Crippen LogP contribution in [-0.4, -0.2) is 27.5 Å². The van der Waals surface area contributed by atoms with E-state index in [1.54, 1.807) is 19.1 Å². The molecule has 0 spiro atoms. The summed E-state index contributed by atoms with van der Waals surface area (Å²) < 4.78 is 26.3. The Morgan fingerprint density at radius 1 is 1.05 bits per heavy atom. The summed E-state index contributed by atoms with van der Waals surface area (Å²) in [7, 11) is -3.36. The van der Waals surface area contributed by atoms with E-state index in [-0.39, 0.29) is 5.41 Å². The second-order valence-corrected chi connectivity index (χ2v) is 8.09. The summed E-state index contributed by atoms with van der Waals surface area (Å²) >= 11 is 0. The average Bonchev–Trinajstić information content (AvgIpc) is 2.37. The predicted octanol–water partition coefficient (Wildman–Crippen LogP) is 2.55. The van der Waals surface area contributed by atoms with Gasteiger partial charge in [0, 0.05) is 12.6 Å². The highest BCUT2D eigenvalue weighted by Gasteiger charge is 2.24. The van der Waals surface area contributed by atoms with Crippen LogP contribution in [0.15, 0.2) is 29.2 Å². The van der Waals surface area contributed by atoms with Crippen LogP contribution in [-0.2, 0) is 16.4 Å². The zero-order valence-corrected chi connectivity index (χ0v) is 14.5. The Labute approximate surface area is 129 Å². The van der Waals surface area contributed by atoms with E-state index in [0.29, 0.717) is 17.5 Å². The van der Waals surface area contributed by atoms with Crippen LogP contribution in [0.3, 0.4) is 0 Å². The average molecular weight is 312 g/mol. The molecule has 1 unspecified atom stereocenters. The Morgan fingerprint density at radius 2 is 1.62 bits per heavy atom. The van der Waals surface area contributed by atoms with Gasteiger partial charge < -0.3 is 5.32 Å². The van der Waals surface area contributed by atoms with Crippen molar-refractivity contribution in [3.05, 3.63) is 29.8 Å². The van der Waals surface area contributed by atoms with E-state index in [0.717, 1.165) is 18.5 Å². The molecule has 0 saturated heterocycles. The lowest BCUT2D eigenvalue weighted by Gasteiger charge is -2.31. The first kappa shape index (κ1) is 18.1. The van der Waals surface area contributed by atoms with Crippen LogP contribution < -0.4 is 10.0 Å². The van der Waals surface area contributed by atoms with Crippen LogP contribution in [0.2, 0.25) is 0 Å². The fourth-order valence-corrected chi connectivity index (χ4v) is 3.29. The van der Waals surface area contributed by atoms with Crippen LogP contribution in [0.25, 0.3) is 0 Å². The minimum absolute atomic E-state index is 0.157. The van der Waals surface area contributed by atoms with Crippen molar-refractivity contribution in [3.63, 3.8) is 0 Å². The van der Waals surface area contributed by atoms with Crippen LogP contribution in [0.1, 0.15) is 40.2 Å². The van der Waals surface area contributed by atoms with E-state index in [1.165, 1.54) is 0 Å². The summed E-state index contributed by atoms with van der Waals surface area (Å²) in [6, 6.07) is 7.53. The molecule has 0 radical (unpaired) electrons. The molecule has 0 aromatic heterocycles. The van der Waals surface area contributed by atoms with Gasteiger partial charge in [0.25, 0.3) is 0 Å². The maximum atomic E-state index is 11.9. The summed E-state index contributed by atoms with van der Waals surface area (Å²) in [5.41, 5.74) is 1.30. The summed E-state index contributed by atoms with van der Waals surface area (Å²) in [6.45, 7) is 11.8. The first-order valence-electron chi connectivity index (χ1n) is 7.52. The lowest BCUT2D eigenvalue weighted by Crippen LogP contribution is -2.41. The Kier molecular flexibility index (Phi) is 6.38. The van der Waals surface area contributed by atoms with Gasteiger partial charge >= 0.3 is 0 Å². The van der Waals surface area contributed by atoms with Crippen LogP contribution in [0.5, 0.6) is 0 Å². The van der Waals surface area contributed by atoms with E-state index < -0.39 is 10.0 Å². The molecule has 1 aromatic carbocycles. The Balaban J connectivity index is 2.87. The standard InChI is InChI=1S/C16H28N2O2S/c1-6-17-15(16(3,4)5)12-13-8-10-14(11-9-13)21(19,20)18-7-2/h8-11,15,17-18H,6-7,12H2,1-5H3. The van der Waals surface area contributed by atoms with E-state index in [2.05, 4.69) is 37.7 Å². The van der Waals surface area contributed by atoms with Crippen molar-refractivity contribution in [3.8, 4) is 0 Å². The lowest BCUT2D eigenvalue weighted by molar-refractivity contribution is 0.270. The monoisotopic (exact) mass is 312 g/mol. The van der Waals surface area contributed by atoms with Crippen molar-refractivity contribution in [1.29, 1.82) is 0 Å². The van der Waals surface area contributed by atoms with Gasteiger partial charge in [0.05, 0.1) is 4.90 Å². The van der Waals surface area contributed by atoms with Gasteiger partial charge in [0.1, 0.15) is 0 Å². The maximum absolute atomic E-state index is 11.9. The number of hydrogen-bond acceptors (Lipinski definition) is 3. The summed E-state index contributed by atoms with van der Waals surface area (Å²) in [6.07, 6.45) is 0.888. The molecule has 4 nitrogen and oxygen atoms in total. The summed E-state index contributed by atoms with van der Waals surface area (Å²) in [5.74, 6) is 0. The third-order valence-electron chi connectivity index (χ3n) is 3.50. The summed E-state index contributed by atoms with van der Waals surface area (Å²) in [5, 5.41) is 3.51. The molecule has 1 atom stereocenters. The molecule has 0 amide bonds. The molecule has 0 aliphatic rings. The number of nitrogens with one attached hydrogen (secondary N) is 2. The molecule has 5 heteroatoms. The van der Waals surface area contributed by atoms with Gasteiger partial charge in [0.2, 0.25) is 10.0 Å². The predicted molar refractivity (Wildman–Crippen MR) is 87.9 cm³/mol. The molecular weight excluding hydrogens is 284 g/mol. The Hall–Kier alpha value is -0.910. The Morgan fingerprint density at radius 3 is 2.05 bits per heavy atom. The van der Waals surface area contributed by atoms with Gasteiger partial charge in [-0.1, -0.05) is 46.8 Å². The highest BCUT2D eigenvalue weighted by Crippen LogP contribution is 2.23. The number of sulfonamides is 1.